The van der Waals surface area contributed by atoms with E-state index in [2.05, 4.69) is 4.98 Å². The number of thiazole rings is 1. The van der Waals surface area contributed by atoms with Crippen LogP contribution in [0.1, 0.15) is 23.0 Å². The maximum Gasteiger partial charge on any atom is 0.340 e. The molecule has 0 bridgehead atoms. The van der Waals surface area contributed by atoms with Gasteiger partial charge in [0.2, 0.25) is 0 Å². The molecule has 10 heteroatoms. The summed E-state index contributed by atoms with van der Waals surface area (Å²) >= 11 is 3.04. The summed E-state index contributed by atoms with van der Waals surface area (Å²) in [6, 6.07) is 9.16. The van der Waals surface area contributed by atoms with Crippen molar-refractivity contribution in [3.05, 3.63) is 53.2 Å². The van der Waals surface area contributed by atoms with Gasteiger partial charge < -0.3 is 23.7 Å². The molecule has 0 saturated carbocycles. The molecule has 4 aromatic rings. The summed E-state index contributed by atoms with van der Waals surface area (Å²) in [5.41, 5.74) is 3.03. The van der Waals surface area contributed by atoms with E-state index in [0.29, 0.717) is 56.5 Å². The highest BCUT2D eigenvalue weighted by Gasteiger charge is 2.26. The number of hydrogen-bond acceptors (Lipinski definition) is 10. The zero-order valence-electron chi connectivity index (χ0n) is 20.6. The number of methoxy groups -OCH3 is 4. The fourth-order valence-electron chi connectivity index (χ4n) is 3.87. The first-order valence-corrected chi connectivity index (χ1v) is 12.9. The first-order valence-electron chi connectivity index (χ1n) is 11.0. The molecule has 0 aliphatic carbocycles. The Bertz CT molecular complexity index is 1380. The fraction of sp³-hybridized carbons (Fsp3) is 0.269. The quantitative estimate of drug-likeness (QED) is 0.186. The minimum Gasteiger partial charge on any atom is -0.493 e. The number of hydrogen-bond donors (Lipinski definition) is 0. The second-order valence-corrected chi connectivity index (χ2v) is 9.53. The standard InChI is InChI=1S/C26H26N2O6S2/c1-6-34-25(29)24-18(14-36-26-27-9-10-35-26)28-17-13-22(33-5)21(32-4)12-16(17)23(24)15-7-8-19(30-2)20(11-15)31-3/h7-13H,6,14H2,1-5H3. The van der Waals surface area contributed by atoms with Crippen LogP contribution in [0.5, 0.6) is 23.0 Å². The maximum absolute atomic E-state index is 13.4. The van der Waals surface area contributed by atoms with Crippen LogP contribution in [0.25, 0.3) is 22.0 Å². The summed E-state index contributed by atoms with van der Waals surface area (Å²) in [5.74, 6) is 2.14. The molecule has 2 heterocycles. The molecule has 0 unspecified atom stereocenters. The summed E-state index contributed by atoms with van der Waals surface area (Å²) in [6.07, 6.45) is 1.75. The van der Waals surface area contributed by atoms with Gasteiger partial charge in [-0.3, -0.25) is 4.98 Å². The predicted octanol–water partition coefficient (Wildman–Crippen LogP) is 5.86. The third-order valence-corrected chi connectivity index (χ3v) is 7.44. The summed E-state index contributed by atoms with van der Waals surface area (Å²) in [5, 5.41) is 2.63. The van der Waals surface area contributed by atoms with Crippen molar-refractivity contribution in [3.63, 3.8) is 0 Å². The number of ether oxygens (including phenoxy) is 5. The molecule has 0 fully saturated rings. The van der Waals surface area contributed by atoms with Crippen molar-refractivity contribution in [3.8, 4) is 34.1 Å². The summed E-state index contributed by atoms with van der Waals surface area (Å²) in [4.78, 5) is 22.7. The lowest BCUT2D eigenvalue weighted by molar-refractivity contribution is 0.0526. The Hall–Kier alpha value is -3.50. The van der Waals surface area contributed by atoms with Crippen molar-refractivity contribution < 1.29 is 28.5 Å². The lowest BCUT2D eigenvalue weighted by Crippen LogP contribution is -2.12. The van der Waals surface area contributed by atoms with Gasteiger partial charge in [-0.25, -0.2) is 9.78 Å². The molecule has 0 amide bonds. The van der Waals surface area contributed by atoms with E-state index in [1.54, 1.807) is 47.6 Å². The average molecular weight is 527 g/mol. The molecule has 0 aliphatic heterocycles. The first kappa shape index (κ1) is 25.6. The average Bonchev–Trinajstić information content (AvgIpc) is 3.43. The van der Waals surface area contributed by atoms with Crippen molar-refractivity contribution >= 4 is 40.0 Å². The Morgan fingerprint density at radius 3 is 2.28 bits per heavy atom. The van der Waals surface area contributed by atoms with Crippen LogP contribution in [0.3, 0.4) is 0 Å². The number of pyridine rings is 1. The molecule has 0 atom stereocenters. The molecular weight excluding hydrogens is 500 g/mol. The van der Waals surface area contributed by atoms with E-state index in [0.717, 1.165) is 9.90 Å². The van der Waals surface area contributed by atoms with Crippen LogP contribution in [0.4, 0.5) is 0 Å². The largest absolute Gasteiger partial charge is 0.493 e. The van der Waals surface area contributed by atoms with Crippen molar-refractivity contribution in [2.45, 2.75) is 17.0 Å². The van der Waals surface area contributed by atoms with Crippen LogP contribution in [0.15, 0.2) is 46.2 Å². The molecular formula is C26H26N2O6S2. The second kappa shape index (κ2) is 11.5. The zero-order chi connectivity index (χ0) is 25.7. The Morgan fingerprint density at radius 1 is 0.944 bits per heavy atom. The van der Waals surface area contributed by atoms with E-state index >= 15 is 0 Å². The van der Waals surface area contributed by atoms with Crippen molar-refractivity contribution in [2.24, 2.45) is 0 Å². The third kappa shape index (κ3) is 5.05. The van der Waals surface area contributed by atoms with Crippen LogP contribution >= 0.6 is 23.1 Å². The number of benzene rings is 2. The van der Waals surface area contributed by atoms with Crippen LogP contribution in [0, 0.1) is 0 Å². The van der Waals surface area contributed by atoms with Gasteiger partial charge in [0.25, 0.3) is 0 Å². The lowest BCUT2D eigenvalue weighted by Gasteiger charge is -2.19. The summed E-state index contributed by atoms with van der Waals surface area (Å²) in [6.45, 7) is 2.01. The molecule has 0 aliphatic rings. The number of carbonyl (C=O) groups is 1. The van der Waals surface area contributed by atoms with Crippen LogP contribution in [0.2, 0.25) is 0 Å². The Morgan fingerprint density at radius 2 is 1.64 bits per heavy atom. The Balaban J connectivity index is 2.05. The Labute approximate surface area is 217 Å². The van der Waals surface area contributed by atoms with Crippen molar-refractivity contribution in [1.82, 2.24) is 9.97 Å². The third-order valence-electron chi connectivity index (χ3n) is 5.46. The van der Waals surface area contributed by atoms with E-state index in [9.17, 15) is 4.79 Å². The lowest BCUT2D eigenvalue weighted by atomic mass is 9.93. The van der Waals surface area contributed by atoms with Crippen molar-refractivity contribution in [2.75, 3.05) is 35.0 Å². The molecule has 0 saturated heterocycles. The zero-order valence-corrected chi connectivity index (χ0v) is 22.2. The number of rotatable bonds is 10. The topological polar surface area (TPSA) is 89.0 Å². The number of thioether (sulfide) groups is 1. The minimum atomic E-state index is -0.457. The maximum atomic E-state index is 13.4. The Kier molecular flexibility index (Phi) is 8.17. The number of esters is 1. The summed E-state index contributed by atoms with van der Waals surface area (Å²) < 4.78 is 28.5. The highest BCUT2D eigenvalue weighted by Crippen LogP contribution is 2.42. The number of carbonyl (C=O) groups excluding carboxylic acids is 1. The molecule has 0 radical (unpaired) electrons. The van der Waals surface area contributed by atoms with E-state index in [1.165, 1.54) is 23.1 Å². The van der Waals surface area contributed by atoms with Gasteiger partial charge in [0.05, 0.1) is 51.8 Å². The molecule has 8 nitrogen and oxygen atoms in total. The molecule has 2 aromatic carbocycles. The van der Waals surface area contributed by atoms with Gasteiger partial charge in [-0.2, -0.15) is 0 Å². The van der Waals surface area contributed by atoms with Crippen LogP contribution in [-0.4, -0.2) is 51.0 Å². The molecule has 0 spiro atoms. The van der Waals surface area contributed by atoms with Crippen molar-refractivity contribution in [1.29, 1.82) is 0 Å². The van der Waals surface area contributed by atoms with Gasteiger partial charge in [-0.15, -0.1) is 11.3 Å². The molecule has 4 rings (SSSR count). The van der Waals surface area contributed by atoms with Gasteiger partial charge >= 0.3 is 5.97 Å². The number of nitrogens with zero attached hydrogens (tertiary/aromatic N) is 2. The van der Waals surface area contributed by atoms with Gasteiger partial charge in [0.1, 0.15) is 4.34 Å². The van der Waals surface area contributed by atoms with E-state index in [-0.39, 0.29) is 6.61 Å². The normalized spacial score (nSPS) is 10.8. The van der Waals surface area contributed by atoms with Gasteiger partial charge in [-0.05, 0) is 30.7 Å². The van der Waals surface area contributed by atoms with E-state index in [1.807, 2.05) is 29.6 Å². The predicted molar refractivity (Wildman–Crippen MR) is 141 cm³/mol. The van der Waals surface area contributed by atoms with Gasteiger partial charge in [-0.1, -0.05) is 17.8 Å². The SMILES string of the molecule is CCOC(=O)c1c(CSc2nccs2)nc2cc(OC)c(OC)cc2c1-c1ccc(OC)c(OC)c1. The molecule has 36 heavy (non-hydrogen) atoms. The van der Waals surface area contributed by atoms with Crippen LogP contribution in [-0.2, 0) is 10.5 Å². The number of aromatic nitrogens is 2. The second-order valence-electron chi connectivity index (χ2n) is 7.41. The van der Waals surface area contributed by atoms with E-state index < -0.39 is 5.97 Å². The highest BCUT2D eigenvalue weighted by atomic mass is 32.2. The van der Waals surface area contributed by atoms with Gasteiger partial charge in [0, 0.05) is 34.3 Å². The highest BCUT2D eigenvalue weighted by molar-refractivity contribution is 8.00. The fourth-order valence-corrected chi connectivity index (χ4v) is 5.45. The smallest absolute Gasteiger partial charge is 0.340 e. The molecule has 188 valence electrons. The van der Waals surface area contributed by atoms with E-state index in [4.69, 9.17) is 28.7 Å². The minimum absolute atomic E-state index is 0.229. The monoisotopic (exact) mass is 526 g/mol. The molecule has 2 aromatic heterocycles. The first-order chi connectivity index (χ1) is 17.5. The van der Waals surface area contributed by atoms with Crippen LogP contribution < -0.4 is 18.9 Å². The molecule has 0 N–H and O–H groups in total. The van der Waals surface area contributed by atoms with Gasteiger partial charge in [0.15, 0.2) is 23.0 Å². The number of fused-ring (bicyclic) bond motifs is 1. The summed E-state index contributed by atoms with van der Waals surface area (Å²) in [7, 11) is 6.29.